The second-order valence-corrected chi connectivity index (χ2v) is 8.04. The third kappa shape index (κ3) is 2.96. The van der Waals surface area contributed by atoms with Gasteiger partial charge in [-0.05, 0) is 58.3 Å². The lowest BCUT2D eigenvalue weighted by atomic mass is 9.99. The summed E-state index contributed by atoms with van der Waals surface area (Å²) in [6.45, 7) is 0. The van der Waals surface area contributed by atoms with E-state index in [9.17, 15) is 0 Å². The van der Waals surface area contributed by atoms with Crippen LogP contribution in [0.15, 0.2) is 109 Å². The molecule has 0 aliphatic rings. The maximum atomic E-state index is 3.54. The van der Waals surface area contributed by atoms with Crippen LogP contribution in [0.25, 0.3) is 43.7 Å². The second-order valence-electron chi connectivity index (χ2n) is 8.04. The van der Waals surface area contributed by atoms with Gasteiger partial charge < -0.3 is 9.88 Å². The molecular formula is C29H22N2. The van der Waals surface area contributed by atoms with Crippen molar-refractivity contribution in [2.75, 3.05) is 5.32 Å². The van der Waals surface area contributed by atoms with Crippen LogP contribution in [-0.2, 0) is 7.05 Å². The lowest BCUT2D eigenvalue weighted by Gasteiger charge is -2.10. The minimum absolute atomic E-state index is 1.09. The number of benzene rings is 5. The molecule has 0 aliphatic heterocycles. The molecule has 0 unspecified atom stereocenters. The molecule has 2 nitrogen and oxygen atoms in total. The molecule has 1 aromatic heterocycles. The smallest absolute Gasteiger partial charge is 0.0495 e. The van der Waals surface area contributed by atoms with Crippen molar-refractivity contribution >= 4 is 44.0 Å². The topological polar surface area (TPSA) is 17.0 Å². The Balaban J connectivity index is 1.39. The molecule has 0 amide bonds. The summed E-state index contributed by atoms with van der Waals surface area (Å²) in [6, 6.07) is 38.9. The van der Waals surface area contributed by atoms with Crippen LogP contribution in [0, 0.1) is 0 Å². The van der Waals surface area contributed by atoms with Gasteiger partial charge in [-0.2, -0.15) is 0 Å². The number of anilines is 2. The van der Waals surface area contributed by atoms with Gasteiger partial charge in [-0.25, -0.2) is 0 Å². The average molecular weight is 399 g/mol. The first-order chi connectivity index (χ1) is 15.3. The van der Waals surface area contributed by atoms with Crippen LogP contribution in [0.3, 0.4) is 0 Å². The normalized spacial score (nSPS) is 11.4. The fraction of sp³-hybridized carbons (Fsp3) is 0.0345. The molecule has 0 radical (unpaired) electrons. The predicted molar refractivity (Wildman–Crippen MR) is 133 cm³/mol. The van der Waals surface area contributed by atoms with E-state index in [0.29, 0.717) is 0 Å². The summed E-state index contributed by atoms with van der Waals surface area (Å²) in [5.41, 5.74) is 7.21. The van der Waals surface area contributed by atoms with Crippen molar-refractivity contribution in [2.45, 2.75) is 0 Å². The van der Waals surface area contributed by atoms with E-state index in [4.69, 9.17) is 0 Å². The Morgan fingerprint density at radius 1 is 0.581 bits per heavy atom. The number of hydrogen-bond donors (Lipinski definition) is 1. The maximum absolute atomic E-state index is 3.54. The molecule has 31 heavy (non-hydrogen) atoms. The first-order valence-corrected chi connectivity index (χ1v) is 10.6. The van der Waals surface area contributed by atoms with Crippen molar-refractivity contribution in [3.63, 3.8) is 0 Å². The molecule has 0 bridgehead atoms. The Kier molecular flexibility index (Phi) is 4.03. The first kappa shape index (κ1) is 17.8. The van der Waals surface area contributed by atoms with Gasteiger partial charge in [0.1, 0.15) is 0 Å². The third-order valence-electron chi connectivity index (χ3n) is 6.17. The summed E-state index contributed by atoms with van der Waals surface area (Å²) < 4.78 is 2.28. The highest BCUT2D eigenvalue weighted by atomic mass is 14.9. The van der Waals surface area contributed by atoms with E-state index in [-0.39, 0.29) is 0 Å². The number of rotatable bonds is 3. The molecule has 0 saturated carbocycles. The summed E-state index contributed by atoms with van der Waals surface area (Å²) in [4.78, 5) is 0. The molecule has 0 spiro atoms. The van der Waals surface area contributed by atoms with E-state index in [2.05, 4.69) is 126 Å². The summed E-state index contributed by atoms with van der Waals surface area (Å²) >= 11 is 0. The highest BCUT2D eigenvalue weighted by molar-refractivity contribution is 6.14. The molecular weight excluding hydrogens is 376 g/mol. The van der Waals surface area contributed by atoms with E-state index < -0.39 is 0 Å². The summed E-state index contributed by atoms with van der Waals surface area (Å²) in [7, 11) is 2.14. The molecule has 0 saturated heterocycles. The minimum atomic E-state index is 1.09. The Morgan fingerprint density at radius 3 is 2.16 bits per heavy atom. The molecule has 0 fully saturated rings. The van der Waals surface area contributed by atoms with Crippen LogP contribution in [0.5, 0.6) is 0 Å². The SMILES string of the molecule is Cn1c2ccccc2c2c(-c3ccc(Nc4ccc5ccccc5c4)cc3)cccc21. The lowest BCUT2D eigenvalue weighted by molar-refractivity contribution is 1.01. The molecule has 6 rings (SSSR count). The van der Waals surface area contributed by atoms with Crippen LogP contribution in [0.2, 0.25) is 0 Å². The highest BCUT2D eigenvalue weighted by Crippen LogP contribution is 2.36. The Bertz CT molecular complexity index is 1560. The standard InChI is InChI=1S/C29H22N2/c1-31-27-11-5-4-9-26(27)29-25(10-6-12-28(29)31)21-14-16-23(17-15-21)30-24-18-13-20-7-2-3-8-22(20)19-24/h2-19,30H,1H3. The number of para-hydroxylation sites is 1. The van der Waals surface area contributed by atoms with Gasteiger partial charge in [0.05, 0.1) is 0 Å². The number of hydrogen-bond acceptors (Lipinski definition) is 1. The van der Waals surface area contributed by atoms with E-state index in [0.717, 1.165) is 11.4 Å². The quantitative estimate of drug-likeness (QED) is 0.321. The van der Waals surface area contributed by atoms with Gasteiger partial charge in [-0.3, -0.25) is 0 Å². The third-order valence-corrected chi connectivity index (χ3v) is 6.17. The van der Waals surface area contributed by atoms with Crippen molar-refractivity contribution in [1.29, 1.82) is 0 Å². The van der Waals surface area contributed by atoms with E-state index >= 15 is 0 Å². The van der Waals surface area contributed by atoms with E-state index in [1.165, 1.54) is 43.7 Å². The molecule has 0 aliphatic carbocycles. The van der Waals surface area contributed by atoms with Crippen molar-refractivity contribution in [2.24, 2.45) is 7.05 Å². The van der Waals surface area contributed by atoms with Crippen LogP contribution in [-0.4, -0.2) is 4.57 Å². The summed E-state index contributed by atoms with van der Waals surface area (Å²) in [5.74, 6) is 0. The van der Waals surface area contributed by atoms with Crippen molar-refractivity contribution < 1.29 is 0 Å². The Hall–Kier alpha value is -4.04. The average Bonchev–Trinajstić information content (AvgIpc) is 3.12. The van der Waals surface area contributed by atoms with Crippen LogP contribution in [0.1, 0.15) is 0 Å². The van der Waals surface area contributed by atoms with E-state index in [1.807, 2.05) is 0 Å². The summed E-state index contributed by atoms with van der Waals surface area (Å²) in [6.07, 6.45) is 0. The maximum Gasteiger partial charge on any atom is 0.0495 e. The molecule has 0 atom stereocenters. The summed E-state index contributed by atoms with van der Waals surface area (Å²) in [5, 5.41) is 8.66. The zero-order chi connectivity index (χ0) is 20.8. The minimum Gasteiger partial charge on any atom is -0.356 e. The molecule has 6 aromatic rings. The van der Waals surface area contributed by atoms with Crippen molar-refractivity contribution in [3.8, 4) is 11.1 Å². The number of aromatic nitrogens is 1. The molecule has 2 heteroatoms. The predicted octanol–water partition coefficient (Wildman–Crippen LogP) is 7.90. The highest BCUT2D eigenvalue weighted by Gasteiger charge is 2.12. The molecule has 5 aromatic carbocycles. The zero-order valence-corrected chi connectivity index (χ0v) is 17.3. The van der Waals surface area contributed by atoms with Gasteiger partial charge in [-0.1, -0.05) is 72.8 Å². The first-order valence-electron chi connectivity index (χ1n) is 10.6. The molecule has 1 heterocycles. The fourth-order valence-electron chi connectivity index (χ4n) is 4.62. The Labute approximate surface area is 181 Å². The van der Waals surface area contributed by atoms with Crippen LogP contribution in [0.4, 0.5) is 11.4 Å². The van der Waals surface area contributed by atoms with Gasteiger partial charge in [-0.15, -0.1) is 0 Å². The van der Waals surface area contributed by atoms with Crippen molar-refractivity contribution in [1.82, 2.24) is 4.57 Å². The second kappa shape index (κ2) is 7.03. The fourth-order valence-corrected chi connectivity index (χ4v) is 4.62. The van der Waals surface area contributed by atoms with Gasteiger partial charge in [0.25, 0.3) is 0 Å². The Morgan fingerprint density at radius 2 is 1.29 bits per heavy atom. The largest absolute Gasteiger partial charge is 0.356 e. The van der Waals surface area contributed by atoms with Crippen LogP contribution >= 0.6 is 0 Å². The number of nitrogens with one attached hydrogen (secondary N) is 1. The molecule has 148 valence electrons. The van der Waals surface area contributed by atoms with Crippen LogP contribution < -0.4 is 5.32 Å². The van der Waals surface area contributed by atoms with E-state index in [1.54, 1.807) is 0 Å². The zero-order valence-electron chi connectivity index (χ0n) is 17.3. The molecule has 1 N–H and O–H groups in total. The van der Waals surface area contributed by atoms with Gasteiger partial charge in [0.2, 0.25) is 0 Å². The number of aryl methyl sites for hydroxylation is 1. The number of fused-ring (bicyclic) bond motifs is 4. The monoisotopic (exact) mass is 398 g/mol. The number of nitrogens with zero attached hydrogens (tertiary/aromatic N) is 1. The van der Waals surface area contributed by atoms with Gasteiger partial charge in [0.15, 0.2) is 0 Å². The van der Waals surface area contributed by atoms with Gasteiger partial charge >= 0.3 is 0 Å². The van der Waals surface area contributed by atoms with Gasteiger partial charge in [0, 0.05) is 40.2 Å². The lowest BCUT2D eigenvalue weighted by Crippen LogP contribution is -1.90. The van der Waals surface area contributed by atoms with Crippen molar-refractivity contribution in [3.05, 3.63) is 109 Å².